The molecule has 53 heavy (non-hydrogen) atoms. The van der Waals surface area contributed by atoms with Gasteiger partial charge in [-0.2, -0.15) is 0 Å². The number of rotatable bonds is 6. The van der Waals surface area contributed by atoms with E-state index in [0.29, 0.717) is 25.9 Å². The molecule has 6 rings (SSSR count). The number of aryl methyl sites for hydroxylation is 1. The molecular formula is C38H53N5O9S. The summed E-state index contributed by atoms with van der Waals surface area (Å²) >= 11 is 0. The van der Waals surface area contributed by atoms with Crippen LogP contribution in [0.5, 0.6) is 0 Å². The number of ether oxygens (including phenoxy) is 2. The van der Waals surface area contributed by atoms with Gasteiger partial charge in [0.2, 0.25) is 21.8 Å². The Labute approximate surface area is 311 Å². The minimum Gasteiger partial charge on any atom is -0.449 e. The van der Waals surface area contributed by atoms with Gasteiger partial charge in [-0.15, -0.1) is 6.58 Å². The van der Waals surface area contributed by atoms with E-state index in [1.165, 1.54) is 16.5 Å². The van der Waals surface area contributed by atoms with Crippen LogP contribution >= 0.6 is 0 Å². The third-order valence-electron chi connectivity index (χ3n) is 11.2. The molecule has 0 aromatic heterocycles. The summed E-state index contributed by atoms with van der Waals surface area (Å²) in [4.78, 5) is 71.9. The van der Waals surface area contributed by atoms with E-state index in [9.17, 15) is 32.4 Å². The van der Waals surface area contributed by atoms with Gasteiger partial charge in [0.15, 0.2) is 0 Å². The van der Waals surface area contributed by atoms with E-state index in [1.807, 2.05) is 26.0 Å². The lowest BCUT2D eigenvalue weighted by Gasteiger charge is -2.35. The van der Waals surface area contributed by atoms with Crippen LogP contribution in [-0.4, -0.2) is 90.3 Å². The Balaban J connectivity index is 1.28. The molecule has 0 radical (unpaired) electrons. The van der Waals surface area contributed by atoms with E-state index >= 15 is 0 Å². The maximum Gasteiger partial charge on any atom is 0.410 e. The third-order valence-corrected chi connectivity index (χ3v) is 13.0. The number of hydrogen-bond donors (Lipinski definition) is 3. The summed E-state index contributed by atoms with van der Waals surface area (Å²) in [7, 11) is -3.91. The predicted molar refractivity (Wildman–Crippen MR) is 194 cm³/mol. The number of benzene rings is 1. The van der Waals surface area contributed by atoms with Crippen molar-refractivity contribution in [2.45, 2.75) is 128 Å². The van der Waals surface area contributed by atoms with E-state index in [-0.39, 0.29) is 31.4 Å². The van der Waals surface area contributed by atoms with E-state index in [1.54, 1.807) is 25.7 Å². The molecule has 1 aromatic rings. The van der Waals surface area contributed by atoms with Crippen LogP contribution in [-0.2, 0) is 53.4 Å². The summed E-state index contributed by atoms with van der Waals surface area (Å²) in [5, 5.41) is 4.84. The summed E-state index contributed by atoms with van der Waals surface area (Å²) < 4.78 is 39.1. The molecule has 4 bridgehead atoms. The van der Waals surface area contributed by atoms with Crippen molar-refractivity contribution in [1.82, 2.24) is 25.2 Å². The first-order valence-corrected chi connectivity index (χ1v) is 20.2. The fourth-order valence-electron chi connectivity index (χ4n) is 7.69. The Morgan fingerprint density at radius 2 is 1.79 bits per heavy atom. The SMILES string of the molecule is C=C[C@@H]1CC1(NC(=O)[C@@H]1C[C@@H]2CN1C(=O)[C@H](C(C)(C)C)NC(=O)OCC(C)(C)CCCCc1cccc3c1CN(C3)C(=O)O2)C(=O)NS(=O)(=O)C1CC1. The number of amides is 5. The van der Waals surface area contributed by atoms with Crippen molar-refractivity contribution in [3.05, 3.63) is 47.5 Å². The fraction of sp³-hybridized carbons (Fsp3) is 0.658. The second kappa shape index (κ2) is 14.3. The number of cyclic esters (lactones) is 1. The van der Waals surface area contributed by atoms with Gasteiger partial charge in [0, 0.05) is 25.4 Å². The highest BCUT2D eigenvalue weighted by Crippen LogP contribution is 2.45. The quantitative estimate of drug-likeness (QED) is 0.365. The van der Waals surface area contributed by atoms with E-state index in [4.69, 9.17) is 9.47 Å². The van der Waals surface area contributed by atoms with Crippen molar-refractivity contribution >= 4 is 39.9 Å². The van der Waals surface area contributed by atoms with Crippen LogP contribution in [0, 0.1) is 16.7 Å². The summed E-state index contributed by atoms with van der Waals surface area (Å²) in [6.07, 6.45) is 3.66. The van der Waals surface area contributed by atoms with E-state index < -0.39 is 80.2 Å². The normalized spacial score (nSPS) is 29.3. The first-order chi connectivity index (χ1) is 24.8. The average Bonchev–Trinajstić information content (AvgIpc) is 3.97. The summed E-state index contributed by atoms with van der Waals surface area (Å²) in [6, 6.07) is 3.73. The monoisotopic (exact) mass is 755 g/mol. The second-order valence-corrected chi connectivity index (χ2v) is 19.2. The first-order valence-electron chi connectivity index (χ1n) is 18.6. The molecule has 3 N–H and O–H groups in total. The van der Waals surface area contributed by atoms with E-state index in [2.05, 4.69) is 28.0 Å². The Morgan fingerprint density at radius 1 is 1.08 bits per heavy atom. The van der Waals surface area contributed by atoms with Crippen LogP contribution in [0.1, 0.15) is 96.3 Å². The van der Waals surface area contributed by atoms with Crippen LogP contribution in [0.4, 0.5) is 9.59 Å². The summed E-state index contributed by atoms with van der Waals surface area (Å²) in [6.45, 7) is 13.9. The minimum atomic E-state index is -3.91. The van der Waals surface area contributed by atoms with Gasteiger partial charge in [0.05, 0.1) is 18.4 Å². The molecule has 2 saturated carbocycles. The standard InChI is InChI=1S/C38H53N5O9S/c1-7-25-18-38(25,33(46)41-53(49,50)27-14-15-27)40-31(44)29-17-26-20-43(29)32(45)30(36(2,3)4)39-34(47)51-22-37(5,6)16-9-8-11-23-12-10-13-24-19-42(21-28(23)24)35(48)52-26/h7,10,12-13,25-27,29-30H,1,8-9,11,14-22H2,2-6H3,(H,39,47)(H,40,44)(H,41,46)/t25-,26-,29+,30-,38?/m1/s1. The topological polar surface area (TPSA) is 181 Å². The Bertz CT molecular complexity index is 1790. The van der Waals surface area contributed by atoms with Gasteiger partial charge < -0.3 is 25.0 Å². The lowest BCUT2D eigenvalue weighted by Crippen LogP contribution is -2.60. The largest absolute Gasteiger partial charge is 0.449 e. The fourth-order valence-corrected chi connectivity index (χ4v) is 9.06. The number of carbonyl (C=O) groups is 5. The number of nitrogens with one attached hydrogen (secondary N) is 3. The highest BCUT2D eigenvalue weighted by Gasteiger charge is 2.62. The Morgan fingerprint density at radius 3 is 2.45 bits per heavy atom. The molecule has 1 unspecified atom stereocenters. The van der Waals surface area contributed by atoms with Crippen LogP contribution < -0.4 is 15.4 Å². The molecule has 3 fully saturated rings. The number of hydrogen-bond acceptors (Lipinski definition) is 9. The molecule has 5 amide bonds. The van der Waals surface area contributed by atoms with Crippen LogP contribution in [0.25, 0.3) is 0 Å². The molecule has 15 heteroatoms. The van der Waals surface area contributed by atoms with Gasteiger partial charge in [-0.1, -0.05) is 65.3 Å². The van der Waals surface area contributed by atoms with Gasteiger partial charge in [0.1, 0.15) is 23.7 Å². The zero-order valence-corrected chi connectivity index (χ0v) is 32.2. The van der Waals surface area contributed by atoms with Crippen molar-refractivity contribution in [2.24, 2.45) is 16.7 Å². The van der Waals surface area contributed by atoms with Crippen molar-refractivity contribution in [3.8, 4) is 0 Å². The van der Waals surface area contributed by atoms with Gasteiger partial charge in [-0.25, -0.2) is 18.0 Å². The lowest BCUT2D eigenvalue weighted by molar-refractivity contribution is -0.143. The number of alkyl carbamates (subject to hydrolysis) is 1. The summed E-state index contributed by atoms with van der Waals surface area (Å²) in [5.74, 6) is -2.71. The second-order valence-electron chi connectivity index (χ2n) is 17.2. The highest BCUT2D eigenvalue weighted by atomic mass is 32.2. The molecule has 14 nitrogen and oxygen atoms in total. The number of nitrogens with zero attached hydrogens (tertiary/aromatic N) is 2. The molecule has 290 valence electrons. The zero-order valence-electron chi connectivity index (χ0n) is 31.4. The predicted octanol–water partition coefficient (Wildman–Crippen LogP) is 3.67. The Hall–Kier alpha value is -4.14. The van der Waals surface area contributed by atoms with Gasteiger partial charge in [-0.3, -0.25) is 24.0 Å². The molecule has 3 aliphatic heterocycles. The molecule has 0 spiro atoms. The van der Waals surface area contributed by atoms with Crippen LogP contribution in [0.15, 0.2) is 30.9 Å². The van der Waals surface area contributed by atoms with Gasteiger partial charge >= 0.3 is 12.2 Å². The molecule has 5 aliphatic rings. The van der Waals surface area contributed by atoms with Crippen LogP contribution in [0.3, 0.4) is 0 Å². The zero-order chi connectivity index (χ0) is 38.5. The molecular weight excluding hydrogens is 703 g/mol. The number of sulfonamides is 1. The molecule has 1 aromatic carbocycles. The number of fused-ring (bicyclic) bond motifs is 3. The van der Waals surface area contributed by atoms with Crippen molar-refractivity contribution in [3.63, 3.8) is 0 Å². The average molecular weight is 756 g/mol. The van der Waals surface area contributed by atoms with Crippen molar-refractivity contribution < 1.29 is 41.9 Å². The van der Waals surface area contributed by atoms with Crippen LogP contribution in [0.2, 0.25) is 0 Å². The first kappa shape index (κ1) is 38.6. The smallest absolute Gasteiger partial charge is 0.410 e. The van der Waals surface area contributed by atoms with Gasteiger partial charge in [-0.05, 0) is 66.0 Å². The molecule has 1 saturated heterocycles. The summed E-state index contributed by atoms with van der Waals surface area (Å²) in [5.41, 5.74) is 0.580. The lowest BCUT2D eigenvalue weighted by atomic mass is 9.85. The molecule has 2 aliphatic carbocycles. The highest BCUT2D eigenvalue weighted by molar-refractivity contribution is 7.91. The molecule has 3 heterocycles. The van der Waals surface area contributed by atoms with E-state index in [0.717, 1.165) is 36.8 Å². The van der Waals surface area contributed by atoms with Crippen molar-refractivity contribution in [2.75, 3.05) is 13.2 Å². The molecule has 5 atom stereocenters. The maximum absolute atomic E-state index is 14.5. The Kier molecular flexibility index (Phi) is 10.4. The maximum atomic E-state index is 14.5. The third kappa shape index (κ3) is 8.34. The van der Waals surface area contributed by atoms with Crippen molar-refractivity contribution in [1.29, 1.82) is 0 Å². The van der Waals surface area contributed by atoms with Gasteiger partial charge in [0.25, 0.3) is 5.91 Å². The minimum absolute atomic E-state index is 0.0817. The number of carbonyl (C=O) groups excluding carboxylic acids is 5.